The van der Waals surface area contributed by atoms with Crippen molar-refractivity contribution in [1.82, 2.24) is 16.0 Å². The molecule has 0 aromatic carbocycles. The van der Waals surface area contributed by atoms with Gasteiger partial charge in [-0.25, -0.2) is 0 Å². The van der Waals surface area contributed by atoms with Crippen molar-refractivity contribution in [3.8, 4) is 0 Å². The number of amides is 2. The second-order valence-electron chi connectivity index (χ2n) is 9.49. The molecule has 28 heavy (non-hydrogen) atoms. The Morgan fingerprint density at radius 2 is 1.86 bits per heavy atom. The second-order valence-corrected chi connectivity index (χ2v) is 10.7. The molecule has 0 aromatic heterocycles. The number of thioether (sulfide) groups is 1. The number of ether oxygens (including phenoxy) is 1. The first-order valence-corrected chi connectivity index (χ1v) is 11.0. The van der Waals surface area contributed by atoms with Crippen molar-refractivity contribution in [3.63, 3.8) is 0 Å². The lowest BCUT2D eigenvalue weighted by Crippen LogP contribution is -2.50. The Labute approximate surface area is 173 Å². The molecule has 1 heterocycles. The fourth-order valence-electron chi connectivity index (χ4n) is 2.80. The first kappa shape index (κ1) is 24.8. The van der Waals surface area contributed by atoms with E-state index in [9.17, 15) is 14.4 Å². The predicted octanol–water partition coefficient (Wildman–Crippen LogP) is 2.20. The van der Waals surface area contributed by atoms with E-state index in [0.29, 0.717) is 12.3 Å². The first-order valence-electron chi connectivity index (χ1n) is 9.93. The molecule has 2 unspecified atom stereocenters. The van der Waals surface area contributed by atoms with E-state index in [-0.39, 0.29) is 42.2 Å². The third kappa shape index (κ3) is 10.9. The molecule has 0 bridgehead atoms. The normalized spacial score (nSPS) is 18.3. The molecule has 0 aromatic rings. The standard InChI is InChI=1S/C20H37N3O4S/c1-13(2)8-14(12-28-17-9-15(24)23-17)22-16(25)11-21-20(6,7)10-18(26)27-19(3,4)5/h13-14,17,21H,8-12H2,1-7H3,(H,22,25)(H,23,24). The SMILES string of the molecule is CC(C)CC(CSC1CC(=O)N1)NC(=O)CNC(C)(C)CC(=O)OC(C)(C)C. The molecule has 1 saturated heterocycles. The van der Waals surface area contributed by atoms with Crippen molar-refractivity contribution < 1.29 is 19.1 Å². The van der Waals surface area contributed by atoms with Gasteiger partial charge in [0.2, 0.25) is 11.8 Å². The first-order chi connectivity index (χ1) is 12.8. The van der Waals surface area contributed by atoms with Crippen LogP contribution in [0.5, 0.6) is 0 Å². The van der Waals surface area contributed by atoms with Crippen molar-refractivity contribution in [2.75, 3.05) is 12.3 Å². The van der Waals surface area contributed by atoms with Crippen molar-refractivity contribution in [2.45, 2.75) is 90.3 Å². The van der Waals surface area contributed by atoms with Crippen LogP contribution in [-0.4, -0.2) is 52.6 Å². The molecule has 0 spiro atoms. The van der Waals surface area contributed by atoms with Crippen LogP contribution >= 0.6 is 11.8 Å². The molecule has 3 N–H and O–H groups in total. The van der Waals surface area contributed by atoms with E-state index in [1.54, 1.807) is 11.8 Å². The summed E-state index contributed by atoms with van der Waals surface area (Å²) in [6.45, 7) is 13.6. The van der Waals surface area contributed by atoms with Crippen molar-refractivity contribution in [2.24, 2.45) is 5.92 Å². The molecular weight excluding hydrogens is 378 g/mol. The summed E-state index contributed by atoms with van der Waals surface area (Å²) in [5, 5.41) is 9.22. The second kappa shape index (κ2) is 10.5. The Kier molecular flexibility index (Phi) is 9.27. The summed E-state index contributed by atoms with van der Waals surface area (Å²) in [5.41, 5.74) is -1.07. The van der Waals surface area contributed by atoms with Crippen LogP contribution in [0.15, 0.2) is 0 Å². The Balaban J connectivity index is 2.42. The van der Waals surface area contributed by atoms with Gasteiger partial charge in [-0.05, 0) is 47.0 Å². The van der Waals surface area contributed by atoms with Crippen LogP contribution in [0.4, 0.5) is 0 Å². The fraction of sp³-hybridized carbons (Fsp3) is 0.850. The zero-order valence-corrected chi connectivity index (χ0v) is 19.1. The van der Waals surface area contributed by atoms with Gasteiger partial charge in [0.1, 0.15) is 5.60 Å². The molecule has 1 aliphatic heterocycles. The molecule has 0 radical (unpaired) electrons. The number of esters is 1. The molecule has 1 aliphatic rings. The van der Waals surface area contributed by atoms with Crippen molar-refractivity contribution >= 4 is 29.5 Å². The molecular formula is C20H37N3O4S. The highest BCUT2D eigenvalue weighted by Gasteiger charge is 2.28. The summed E-state index contributed by atoms with van der Waals surface area (Å²) in [6.07, 6.45) is 1.61. The zero-order valence-electron chi connectivity index (χ0n) is 18.3. The van der Waals surface area contributed by atoms with E-state index >= 15 is 0 Å². The van der Waals surface area contributed by atoms with E-state index in [0.717, 1.165) is 12.2 Å². The molecule has 2 atom stereocenters. The van der Waals surface area contributed by atoms with Crippen molar-refractivity contribution in [3.05, 3.63) is 0 Å². The summed E-state index contributed by atoms with van der Waals surface area (Å²) in [7, 11) is 0. The van der Waals surface area contributed by atoms with Gasteiger partial charge in [0.25, 0.3) is 0 Å². The highest BCUT2D eigenvalue weighted by Crippen LogP contribution is 2.21. The lowest BCUT2D eigenvalue weighted by molar-refractivity contribution is -0.156. The Morgan fingerprint density at radius 1 is 1.25 bits per heavy atom. The average Bonchev–Trinajstić information content (AvgIpc) is 2.45. The maximum Gasteiger partial charge on any atom is 0.308 e. The quantitative estimate of drug-likeness (QED) is 0.354. The van der Waals surface area contributed by atoms with Crippen LogP contribution in [0.3, 0.4) is 0 Å². The molecule has 7 nitrogen and oxygen atoms in total. The Hall–Kier alpha value is -1.28. The van der Waals surface area contributed by atoms with Gasteiger partial charge in [-0.1, -0.05) is 13.8 Å². The van der Waals surface area contributed by atoms with Gasteiger partial charge in [0.05, 0.1) is 24.8 Å². The number of hydrogen-bond acceptors (Lipinski definition) is 6. The molecule has 2 amide bonds. The summed E-state index contributed by atoms with van der Waals surface area (Å²) in [4.78, 5) is 35.4. The van der Waals surface area contributed by atoms with Crippen LogP contribution in [0.2, 0.25) is 0 Å². The van der Waals surface area contributed by atoms with Crippen LogP contribution in [0, 0.1) is 5.92 Å². The predicted molar refractivity (Wildman–Crippen MR) is 113 cm³/mol. The number of rotatable bonds is 11. The topological polar surface area (TPSA) is 96.5 Å². The van der Waals surface area contributed by atoms with Gasteiger partial charge in [-0.2, -0.15) is 0 Å². The van der Waals surface area contributed by atoms with E-state index in [4.69, 9.17) is 4.74 Å². The van der Waals surface area contributed by atoms with Gasteiger partial charge in [0, 0.05) is 17.3 Å². The smallest absolute Gasteiger partial charge is 0.308 e. The molecule has 162 valence electrons. The van der Waals surface area contributed by atoms with Gasteiger partial charge in [-0.15, -0.1) is 11.8 Å². The third-order valence-corrected chi connectivity index (χ3v) is 5.33. The van der Waals surface area contributed by atoms with Crippen LogP contribution in [0.1, 0.15) is 67.7 Å². The number of carbonyl (C=O) groups is 3. The monoisotopic (exact) mass is 415 g/mol. The summed E-state index contributed by atoms with van der Waals surface area (Å²) >= 11 is 1.67. The summed E-state index contributed by atoms with van der Waals surface area (Å²) in [6, 6.07) is 0.0470. The fourth-order valence-corrected chi connectivity index (χ4v) is 3.96. The molecule has 8 heteroatoms. The van der Waals surface area contributed by atoms with E-state index in [2.05, 4.69) is 29.8 Å². The van der Waals surface area contributed by atoms with Gasteiger partial charge >= 0.3 is 5.97 Å². The number of β-lactam (4-membered cyclic amide) rings is 1. The Bertz CT molecular complexity index is 550. The lowest BCUT2D eigenvalue weighted by atomic mass is 10.0. The molecule has 0 aliphatic carbocycles. The Morgan fingerprint density at radius 3 is 2.36 bits per heavy atom. The average molecular weight is 416 g/mol. The van der Waals surface area contributed by atoms with Crippen LogP contribution < -0.4 is 16.0 Å². The van der Waals surface area contributed by atoms with Gasteiger partial charge < -0.3 is 20.7 Å². The minimum absolute atomic E-state index is 0.0470. The maximum atomic E-state index is 12.4. The van der Waals surface area contributed by atoms with Crippen LogP contribution in [0.25, 0.3) is 0 Å². The number of nitrogens with one attached hydrogen (secondary N) is 3. The summed E-state index contributed by atoms with van der Waals surface area (Å²) < 4.78 is 5.35. The highest BCUT2D eigenvalue weighted by atomic mass is 32.2. The minimum Gasteiger partial charge on any atom is -0.460 e. The zero-order chi connectivity index (χ0) is 21.5. The van der Waals surface area contributed by atoms with Crippen LogP contribution in [-0.2, 0) is 19.1 Å². The minimum atomic E-state index is -0.543. The van der Waals surface area contributed by atoms with E-state index < -0.39 is 11.1 Å². The highest BCUT2D eigenvalue weighted by molar-refractivity contribution is 8.00. The van der Waals surface area contributed by atoms with Crippen molar-refractivity contribution in [1.29, 1.82) is 0 Å². The molecule has 1 fully saturated rings. The lowest BCUT2D eigenvalue weighted by Gasteiger charge is -2.30. The summed E-state index contributed by atoms with van der Waals surface area (Å²) in [5.74, 6) is 0.913. The van der Waals surface area contributed by atoms with E-state index in [1.165, 1.54) is 0 Å². The largest absolute Gasteiger partial charge is 0.460 e. The van der Waals surface area contributed by atoms with Gasteiger partial charge in [0.15, 0.2) is 0 Å². The molecule has 0 saturated carbocycles. The number of carbonyl (C=O) groups excluding carboxylic acids is 3. The van der Waals surface area contributed by atoms with E-state index in [1.807, 2.05) is 34.6 Å². The third-order valence-electron chi connectivity index (χ3n) is 4.05. The molecule has 1 rings (SSSR count). The van der Waals surface area contributed by atoms with Gasteiger partial charge in [-0.3, -0.25) is 14.4 Å². The number of hydrogen-bond donors (Lipinski definition) is 3. The maximum absolute atomic E-state index is 12.4.